The normalized spacial score (nSPS) is 19.9. The zero-order valence-corrected chi connectivity index (χ0v) is 19.7. The molecular formula is C21H39N5O6. The molecular weight excluding hydrogens is 418 g/mol. The lowest BCUT2D eigenvalue weighted by atomic mass is 10.1. The lowest BCUT2D eigenvalue weighted by Crippen LogP contribution is -2.59. The van der Waals surface area contributed by atoms with Gasteiger partial charge in [-0.3, -0.25) is 24.5 Å². The number of rotatable bonds is 13. The average Bonchev–Trinajstić information content (AvgIpc) is 3.20. The van der Waals surface area contributed by atoms with E-state index >= 15 is 0 Å². The van der Waals surface area contributed by atoms with E-state index in [0.717, 1.165) is 0 Å². The Morgan fingerprint density at radius 1 is 1.06 bits per heavy atom. The van der Waals surface area contributed by atoms with Gasteiger partial charge in [0.15, 0.2) is 0 Å². The van der Waals surface area contributed by atoms with E-state index in [2.05, 4.69) is 21.3 Å². The number of Topliss-reactive ketones (excluding diaryl/α,β-unsaturated/α-hetero) is 1. The molecule has 1 rings (SSSR count). The van der Waals surface area contributed by atoms with E-state index in [1.165, 1.54) is 18.7 Å². The van der Waals surface area contributed by atoms with Gasteiger partial charge in [0, 0.05) is 25.6 Å². The van der Waals surface area contributed by atoms with Crippen LogP contribution >= 0.6 is 0 Å². The quantitative estimate of drug-likeness (QED) is 0.177. The predicted molar refractivity (Wildman–Crippen MR) is 118 cm³/mol. The number of hydrogen-bond donors (Lipinski definition) is 6. The topological polar surface area (TPSA) is 160 Å². The van der Waals surface area contributed by atoms with Crippen molar-refractivity contribution in [2.45, 2.75) is 90.3 Å². The second-order valence-corrected chi connectivity index (χ2v) is 8.58. The first-order chi connectivity index (χ1) is 15.0. The van der Waals surface area contributed by atoms with Crippen LogP contribution in [0, 0.1) is 0 Å². The number of ketones is 1. The summed E-state index contributed by atoms with van der Waals surface area (Å²) in [5.41, 5.74) is 0. The summed E-state index contributed by atoms with van der Waals surface area (Å²) in [6, 6.07) is -3.01. The molecule has 6 N–H and O–H groups in total. The number of nitrogens with one attached hydrogen (secondary N) is 4. The number of carbonyl (C=O) groups excluding carboxylic acids is 4. The van der Waals surface area contributed by atoms with E-state index in [9.17, 15) is 29.4 Å². The third kappa shape index (κ3) is 8.81. The van der Waals surface area contributed by atoms with Crippen LogP contribution in [0.5, 0.6) is 0 Å². The van der Waals surface area contributed by atoms with Gasteiger partial charge in [0.25, 0.3) is 0 Å². The maximum atomic E-state index is 12.9. The maximum absolute atomic E-state index is 12.9. The number of carbonyl (C=O) groups is 4. The van der Waals surface area contributed by atoms with E-state index in [0.29, 0.717) is 25.9 Å². The highest BCUT2D eigenvalue weighted by Gasteiger charge is 2.38. The molecule has 0 aromatic heterocycles. The maximum Gasteiger partial charge on any atom is 0.247 e. The predicted octanol–water partition coefficient (Wildman–Crippen LogP) is -1.77. The Balaban J connectivity index is 2.65. The highest BCUT2D eigenvalue weighted by Crippen LogP contribution is 2.21. The van der Waals surface area contributed by atoms with Crippen LogP contribution in [0.25, 0.3) is 0 Å². The summed E-state index contributed by atoms with van der Waals surface area (Å²) in [6.45, 7) is 8.66. The molecule has 11 nitrogen and oxygen atoms in total. The fourth-order valence-electron chi connectivity index (χ4n) is 3.41. The van der Waals surface area contributed by atoms with Gasteiger partial charge in [0.1, 0.15) is 24.1 Å². The summed E-state index contributed by atoms with van der Waals surface area (Å²) in [5, 5.41) is 31.1. The number of nitrogens with zero attached hydrogens (tertiary/aromatic N) is 1. The average molecular weight is 458 g/mol. The van der Waals surface area contributed by atoms with Crippen molar-refractivity contribution in [1.29, 1.82) is 0 Å². The fraction of sp³-hybridized carbons (Fsp3) is 0.810. The van der Waals surface area contributed by atoms with Crippen molar-refractivity contribution in [3.63, 3.8) is 0 Å². The van der Waals surface area contributed by atoms with Crippen molar-refractivity contribution < 1.29 is 29.4 Å². The first kappa shape index (κ1) is 28.0. The molecule has 1 heterocycles. The molecule has 0 aromatic carbocycles. The monoisotopic (exact) mass is 457 g/mol. The first-order valence-electron chi connectivity index (χ1n) is 11.2. The van der Waals surface area contributed by atoms with E-state index in [1.54, 1.807) is 6.92 Å². The molecule has 0 aromatic rings. The number of hydrogen-bond acceptors (Lipinski definition) is 8. The van der Waals surface area contributed by atoms with Crippen LogP contribution in [-0.2, 0) is 19.2 Å². The Morgan fingerprint density at radius 3 is 2.28 bits per heavy atom. The van der Waals surface area contributed by atoms with Crippen molar-refractivity contribution in [2.24, 2.45) is 0 Å². The number of aliphatic hydroxyl groups excluding tert-OH is 2. The summed E-state index contributed by atoms with van der Waals surface area (Å²) in [6.07, 6.45) is 0.255. The molecule has 0 aliphatic carbocycles. The largest absolute Gasteiger partial charge is 0.394 e. The molecule has 1 saturated heterocycles. The van der Waals surface area contributed by atoms with Crippen molar-refractivity contribution in [3.05, 3.63) is 0 Å². The molecule has 1 aliphatic rings. The van der Waals surface area contributed by atoms with E-state index in [-0.39, 0.29) is 24.2 Å². The van der Waals surface area contributed by atoms with Gasteiger partial charge in [-0.1, -0.05) is 13.8 Å². The van der Waals surface area contributed by atoms with E-state index in [4.69, 9.17) is 0 Å². The van der Waals surface area contributed by atoms with Crippen LogP contribution in [-0.4, -0.2) is 94.8 Å². The van der Waals surface area contributed by atoms with Gasteiger partial charge in [0.05, 0.1) is 18.7 Å². The highest BCUT2D eigenvalue weighted by molar-refractivity contribution is 5.92. The molecule has 32 heavy (non-hydrogen) atoms. The zero-order valence-electron chi connectivity index (χ0n) is 19.7. The Bertz CT molecular complexity index is 659. The third-order valence-corrected chi connectivity index (χ3v) is 5.45. The lowest BCUT2D eigenvalue weighted by Gasteiger charge is -2.33. The Labute approximate surface area is 189 Å². The molecule has 0 spiro atoms. The summed E-state index contributed by atoms with van der Waals surface area (Å²) in [5.74, 6) is -1.57. The molecule has 3 amide bonds. The summed E-state index contributed by atoms with van der Waals surface area (Å²) >= 11 is 0. The van der Waals surface area contributed by atoms with Crippen LogP contribution in [0.1, 0.15) is 53.9 Å². The minimum Gasteiger partial charge on any atom is -0.394 e. The smallest absolute Gasteiger partial charge is 0.247 e. The number of amides is 3. The van der Waals surface area contributed by atoms with Gasteiger partial charge >= 0.3 is 0 Å². The summed E-state index contributed by atoms with van der Waals surface area (Å²) < 4.78 is 0. The highest BCUT2D eigenvalue weighted by atomic mass is 16.3. The summed E-state index contributed by atoms with van der Waals surface area (Å²) in [7, 11) is 0. The molecule has 184 valence electrons. The molecule has 11 heteroatoms. The van der Waals surface area contributed by atoms with Crippen molar-refractivity contribution >= 4 is 23.5 Å². The minimum absolute atomic E-state index is 0.142. The van der Waals surface area contributed by atoms with Crippen molar-refractivity contribution in [1.82, 2.24) is 26.2 Å². The van der Waals surface area contributed by atoms with E-state index < -0.39 is 48.8 Å². The van der Waals surface area contributed by atoms with Crippen molar-refractivity contribution in [2.75, 3.05) is 19.7 Å². The number of likely N-dealkylation sites (tertiary alicyclic amines) is 1. The standard InChI is InChI=1S/C21H39N5O6/c1-12(2)22-9-8-18(29)23-14(4)19(30)25-16(11-27)21(32)26-10-6-7-17(26)20(31)24-13(3)15(5)28/h12-14,16-17,20,22,24,27,31H,6-11H2,1-5H3,(H,23,29)(H,25,30). The molecule has 0 saturated carbocycles. The fourth-order valence-corrected chi connectivity index (χ4v) is 3.41. The molecule has 0 bridgehead atoms. The van der Waals surface area contributed by atoms with Crippen LogP contribution in [0.15, 0.2) is 0 Å². The van der Waals surface area contributed by atoms with Gasteiger partial charge in [-0.15, -0.1) is 0 Å². The Morgan fingerprint density at radius 2 is 1.72 bits per heavy atom. The first-order valence-corrected chi connectivity index (χ1v) is 11.2. The molecule has 1 aliphatic heterocycles. The van der Waals surface area contributed by atoms with E-state index in [1.807, 2.05) is 13.8 Å². The second kappa shape index (κ2) is 13.5. The van der Waals surface area contributed by atoms with Gasteiger partial charge < -0.3 is 31.1 Å². The SMILES string of the molecule is CC(=O)C(C)NC(O)C1CCCN1C(=O)C(CO)NC(=O)C(C)NC(=O)CCNC(C)C. The van der Waals surface area contributed by atoms with Gasteiger partial charge in [-0.2, -0.15) is 0 Å². The van der Waals surface area contributed by atoms with Crippen LogP contribution in [0.4, 0.5) is 0 Å². The molecule has 5 atom stereocenters. The molecule has 1 fully saturated rings. The lowest BCUT2D eigenvalue weighted by molar-refractivity contribution is -0.141. The zero-order chi connectivity index (χ0) is 24.4. The Hall–Kier alpha value is -2.08. The van der Waals surface area contributed by atoms with Crippen LogP contribution in [0.3, 0.4) is 0 Å². The number of aliphatic hydroxyl groups is 2. The molecule has 5 unspecified atom stereocenters. The Kier molecular flexibility index (Phi) is 11.8. The minimum atomic E-state index is -1.21. The van der Waals surface area contributed by atoms with Crippen LogP contribution in [0.2, 0.25) is 0 Å². The van der Waals surface area contributed by atoms with Gasteiger partial charge in [-0.25, -0.2) is 0 Å². The second-order valence-electron chi connectivity index (χ2n) is 8.58. The van der Waals surface area contributed by atoms with Crippen LogP contribution < -0.4 is 21.3 Å². The van der Waals surface area contributed by atoms with Crippen molar-refractivity contribution in [3.8, 4) is 0 Å². The third-order valence-electron chi connectivity index (χ3n) is 5.45. The molecule has 0 radical (unpaired) electrons. The van der Waals surface area contributed by atoms with Gasteiger partial charge in [-0.05, 0) is 33.6 Å². The van der Waals surface area contributed by atoms with Gasteiger partial charge in [0.2, 0.25) is 17.7 Å². The summed E-state index contributed by atoms with van der Waals surface area (Å²) in [4.78, 5) is 50.2.